The van der Waals surface area contributed by atoms with Gasteiger partial charge in [0.2, 0.25) is 0 Å². The predicted octanol–water partition coefficient (Wildman–Crippen LogP) is 5.10. The highest BCUT2D eigenvalue weighted by Crippen LogP contribution is 2.37. The van der Waals surface area contributed by atoms with Crippen LogP contribution in [-0.2, 0) is 0 Å². The number of aryl methyl sites for hydroxylation is 2. The molecular formula is C20H16N2OS. The molecule has 0 bridgehead atoms. The Morgan fingerprint density at radius 3 is 2.75 bits per heavy atom. The molecule has 1 N–H and O–H groups in total. The minimum absolute atomic E-state index is 0.686. The largest absolute Gasteiger partial charge is 0.339 e. The number of carbonyl (C=O) groups is 1. The van der Waals surface area contributed by atoms with Crippen LogP contribution in [0.1, 0.15) is 21.5 Å². The van der Waals surface area contributed by atoms with Crippen molar-refractivity contribution in [2.24, 2.45) is 0 Å². The van der Waals surface area contributed by atoms with Crippen molar-refractivity contribution in [3.8, 4) is 11.1 Å². The second-order valence-corrected chi connectivity index (χ2v) is 6.61. The third-order valence-corrected chi connectivity index (χ3v) is 4.73. The van der Waals surface area contributed by atoms with Crippen LogP contribution in [0.25, 0.3) is 33.1 Å². The summed E-state index contributed by atoms with van der Waals surface area (Å²) in [6.45, 7) is 4.00. The summed E-state index contributed by atoms with van der Waals surface area (Å²) in [6.07, 6.45) is 2.76. The zero-order valence-electron chi connectivity index (χ0n) is 13.4. The Hall–Kier alpha value is -2.59. The van der Waals surface area contributed by atoms with Crippen molar-refractivity contribution in [2.75, 3.05) is 0 Å². The lowest BCUT2D eigenvalue weighted by atomic mass is 9.94. The summed E-state index contributed by atoms with van der Waals surface area (Å²) in [5.74, 6) is 0. The van der Waals surface area contributed by atoms with Gasteiger partial charge in [-0.25, -0.2) is 4.98 Å². The summed E-state index contributed by atoms with van der Waals surface area (Å²) >= 11 is 4.45. The summed E-state index contributed by atoms with van der Waals surface area (Å²) < 4.78 is 0. The Bertz CT molecular complexity index is 1110. The molecule has 4 aromatic rings. The SMILES string of the molecule is Cc1cnc2[nH]c3c(C)c(C=O)cc(-c4cccc(S)c4)c3c2c1. The molecule has 0 amide bonds. The summed E-state index contributed by atoms with van der Waals surface area (Å²) in [5.41, 5.74) is 6.60. The molecule has 0 saturated carbocycles. The fourth-order valence-electron chi connectivity index (χ4n) is 3.24. The molecule has 0 radical (unpaired) electrons. The molecule has 0 spiro atoms. The van der Waals surface area contributed by atoms with Gasteiger partial charge in [-0.3, -0.25) is 4.79 Å². The van der Waals surface area contributed by atoms with E-state index in [-0.39, 0.29) is 0 Å². The van der Waals surface area contributed by atoms with Crippen LogP contribution in [-0.4, -0.2) is 16.3 Å². The average molecular weight is 332 g/mol. The number of benzene rings is 2. The Labute approximate surface area is 145 Å². The van der Waals surface area contributed by atoms with E-state index < -0.39 is 0 Å². The third kappa shape index (κ3) is 2.22. The number of aromatic amines is 1. The number of thiol groups is 1. The molecule has 2 aromatic carbocycles. The number of hydrogen-bond acceptors (Lipinski definition) is 3. The number of H-pyrrole nitrogens is 1. The minimum atomic E-state index is 0.686. The van der Waals surface area contributed by atoms with E-state index in [2.05, 4.69) is 28.7 Å². The molecule has 0 aliphatic heterocycles. The van der Waals surface area contributed by atoms with Crippen molar-refractivity contribution in [3.05, 3.63) is 59.3 Å². The van der Waals surface area contributed by atoms with Crippen LogP contribution in [0.3, 0.4) is 0 Å². The standard InChI is InChI=1S/C20H16N2OS/c1-11-6-17-18-16(13-4-3-5-15(24)7-13)8-14(10-23)12(2)19(18)22-20(17)21-9-11/h3-10,24H,1-2H3,(H,21,22). The van der Waals surface area contributed by atoms with Crippen LogP contribution in [0.4, 0.5) is 0 Å². The number of nitrogens with zero attached hydrogens (tertiary/aromatic N) is 1. The number of hydrogen-bond donors (Lipinski definition) is 2. The van der Waals surface area contributed by atoms with Crippen molar-refractivity contribution < 1.29 is 4.79 Å². The van der Waals surface area contributed by atoms with Crippen LogP contribution in [0.5, 0.6) is 0 Å². The zero-order valence-corrected chi connectivity index (χ0v) is 14.3. The highest BCUT2D eigenvalue weighted by Gasteiger charge is 2.16. The van der Waals surface area contributed by atoms with E-state index >= 15 is 0 Å². The van der Waals surface area contributed by atoms with Crippen molar-refractivity contribution in [3.63, 3.8) is 0 Å². The highest BCUT2D eigenvalue weighted by molar-refractivity contribution is 7.80. The van der Waals surface area contributed by atoms with E-state index in [1.54, 1.807) is 0 Å². The molecule has 0 saturated heterocycles. The summed E-state index contributed by atoms with van der Waals surface area (Å²) in [4.78, 5) is 20.3. The van der Waals surface area contributed by atoms with Gasteiger partial charge < -0.3 is 4.98 Å². The van der Waals surface area contributed by atoms with Crippen LogP contribution in [0, 0.1) is 13.8 Å². The number of aromatic nitrogens is 2. The van der Waals surface area contributed by atoms with Gasteiger partial charge in [-0.2, -0.15) is 0 Å². The second kappa shape index (κ2) is 5.49. The van der Waals surface area contributed by atoms with Gasteiger partial charge in [0.25, 0.3) is 0 Å². The molecule has 0 aliphatic carbocycles. The van der Waals surface area contributed by atoms with Crippen molar-refractivity contribution in [1.29, 1.82) is 0 Å². The maximum atomic E-state index is 11.5. The molecule has 118 valence electrons. The van der Waals surface area contributed by atoms with E-state index in [1.165, 1.54) is 0 Å². The van der Waals surface area contributed by atoms with Crippen molar-refractivity contribution in [1.82, 2.24) is 9.97 Å². The van der Waals surface area contributed by atoms with Gasteiger partial charge >= 0.3 is 0 Å². The predicted molar refractivity (Wildman–Crippen MR) is 101 cm³/mol. The summed E-state index contributed by atoms with van der Waals surface area (Å²) in [6, 6.07) is 12.1. The fraction of sp³-hybridized carbons (Fsp3) is 0.100. The Kier molecular flexibility index (Phi) is 3.43. The number of pyridine rings is 1. The number of fused-ring (bicyclic) bond motifs is 3. The molecule has 0 aliphatic rings. The monoisotopic (exact) mass is 332 g/mol. The normalized spacial score (nSPS) is 11.3. The van der Waals surface area contributed by atoms with E-state index in [0.29, 0.717) is 5.56 Å². The first kappa shape index (κ1) is 15.0. The number of nitrogens with one attached hydrogen (secondary N) is 1. The molecule has 24 heavy (non-hydrogen) atoms. The van der Waals surface area contributed by atoms with E-state index in [9.17, 15) is 4.79 Å². The average Bonchev–Trinajstić information content (AvgIpc) is 2.95. The maximum Gasteiger partial charge on any atom is 0.150 e. The molecular weight excluding hydrogens is 316 g/mol. The lowest BCUT2D eigenvalue weighted by Gasteiger charge is -2.10. The van der Waals surface area contributed by atoms with Gasteiger partial charge in [0, 0.05) is 27.4 Å². The highest BCUT2D eigenvalue weighted by atomic mass is 32.1. The lowest BCUT2D eigenvalue weighted by Crippen LogP contribution is -1.91. The Balaban J connectivity index is 2.22. The number of aldehydes is 1. The zero-order chi connectivity index (χ0) is 16.8. The quantitative estimate of drug-likeness (QED) is 0.396. The van der Waals surface area contributed by atoms with Crippen molar-refractivity contribution in [2.45, 2.75) is 18.7 Å². The number of carbonyl (C=O) groups excluding carboxylic acids is 1. The van der Waals surface area contributed by atoms with E-state index in [0.717, 1.165) is 55.4 Å². The molecule has 3 nitrogen and oxygen atoms in total. The van der Waals surface area contributed by atoms with Crippen LogP contribution in [0.2, 0.25) is 0 Å². The molecule has 4 rings (SSSR count). The van der Waals surface area contributed by atoms with Gasteiger partial charge in [0.15, 0.2) is 0 Å². The minimum Gasteiger partial charge on any atom is -0.339 e. The Morgan fingerprint density at radius 2 is 2.00 bits per heavy atom. The maximum absolute atomic E-state index is 11.5. The summed E-state index contributed by atoms with van der Waals surface area (Å²) in [7, 11) is 0. The van der Waals surface area contributed by atoms with Crippen molar-refractivity contribution >= 4 is 40.9 Å². The molecule has 0 unspecified atom stereocenters. The molecule has 0 atom stereocenters. The van der Waals surface area contributed by atoms with E-state index in [4.69, 9.17) is 0 Å². The lowest BCUT2D eigenvalue weighted by molar-refractivity contribution is 0.112. The van der Waals surface area contributed by atoms with Gasteiger partial charge in [-0.05, 0) is 60.4 Å². The molecule has 0 fully saturated rings. The molecule has 2 heterocycles. The van der Waals surface area contributed by atoms with Gasteiger partial charge in [0.1, 0.15) is 11.9 Å². The van der Waals surface area contributed by atoms with Crippen LogP contribution >= 0.6 is 12.6 Å². The molecule has 4 heteroatoms. The van der Waals surface area contributed by atoms with E-state index in [1.807, 2.05) is 50.4 Å². The van der Waals surface area contributed by atoms with Gasteiger partial charge in [0.05, 0.1) is 5.52 Å². The first-order valence-electron chi connectivity index (χ1n) is 7.74. The second-order valence-electron chi connectivity index (χ2n) is 6.09. The molecule has 2 aromatic heterocycles. The third-order valence-electron chi connectivity index (χ3n) is 4.45. The first-order chi connectivity index (χ1) is 11.6. The summed E-state index contributed by atoms with van der Waals surface area (Å²) in [5, 5.41) is 2.17. The smallest absolute Gasteiger partial charge is 0.150 e. The van der Waals surface area contributed by atoms with Crippen LogP contribution in [0.15, 0.2) is 47.5 Å². The number of rotatable bonds is 2. The van der Waals surface area contributed by atoms with Crippen LogP contribution < -0.4 is 0 Å². The van der Waals surface area contributed by atoms with Gasteiger partial charge in [-0.1, -0.05) is 12.1 Å². The first-order valence-corrected chi connectivity index (χ1v) is 8.19. The van der Waals surface area contributed by atoms with Gasteiger partial charge in [-0.15, -0.1) is 12.6 Å². The topological polar surface area (TPSA) is 45.8 Å². The fourth-order valence-corrected chi connectivity index (χ4v) is 3.46. The Morgan fingerprint density at radius 1 is 1.17 bits per heavy atom.